The summed E-state index contributed by atoms with van der Waals surface area (Å²) in [5.74, 6) is 0.748. The molecular weight excluding hydrogens is 178 g/mol. The van der Waals surface area contributed by atoms with E-state index in [2.05, 4.69) is 24.5 Å². The number of hydrogen-bond donors (Lipinski definition) is 2. The van der Waals surface area contributed by atoms with Gasteiger partial charge in [-0.2, -0.15) is 0 Å². The van der Waals surface area contributed by atoms with E-state index in [1.165, 1.54) is 6.42 Å². The van der Waals surface area contributed by atoms with Crippen LogP contribution in [0.3, 0.4) is 0 Å². The maximum atomic E-state index is 11.1. The third-order valence-corrected chi connectivity index (χ3v) is 2.40. The number of rotatable bonds is 6. The van der Waals surface area contributed by atoms with Gasteiger partial charge in [0.25, 0.3) is 0 Å². The van der Waals surface area contributed by atoms with E-state index in [4.69, 9.17) is 0 Å². The van der Waals surface area contributed by atoms with Gasteiger partial charge < -0.3 is 15.5 Å². The number of urea groups is 1. The molecule has 1 saturated heterocycles. The largest absolute Gasteiger partial charge is 0.336 e. The van der Waals surface area contributed by atoms with Crippen LogP contribution in [0, 0.1) is 5.92 Å². The molecule has 1 aliphatic rings. The van der Waals surface area contributed by atoms with Gasteiger partial charge in [-0.3, -0.25) is 0 Å². The monoisotopic (exact) mass is 199 g/mol. The lowest BCUT2D eigenvalue weighted by Gasteiger charge is -2.14. The van der Waals surface area contributed by atoms with Crippen LogP contribution in [0.25, 0.3) is 0 Å². The van der Waals surface area contributed by atoms with Gasteiger partial charge in [-0.15, -0.1) is 0 Å². The normalized spacial score (nSPS) is 16.5. The molecule has 2 amide bonds. The van der Waals surface area contributed by atoms with E-state index in [1.54, 1.807) is 0 Å². The van der Waals surface area contributed by atoms with Crippen molar-refractivity contribution in [2.24, 2.45) is 5.92 Å². The van der Waals surface area contributed by atoms with Crippen molar-refractivity contribution < 1.29 is 4.79 Å². The first kappa shape index (κ1) is 11.3. The van der Waals surface area contributed by atoms with Gasteiger partial charge in [0.2, 0.25) is 0 Å². The fourth-order valence-corrected chi connectivity index (χ4v) is 1.45. The molecule has 0 unspecified atom stereocenters. The molecule has 1 heterocycles. The second-order valence-corrected chi connectivity index (χ2v) is 4.15. The molecule has 1 rings (SSSR count). The van der Waals surface area contributed by atoms with Crippen molar-refractivity contribution in [1.29, 1.82) is 0 Å². The molecule has 0 saturated carbocycles. The van der Waals surface area contributed by atoms with Crippen LogP contribution in [0.4, 0.5) is 4.79 Å². The Kier molecular flexibility index (Phi) is 4.73. The molecule has 0 radical (unpaired) electrons. The molecule has 1 fully saturated rings. The lowest BCUT2D eigenvalue weighted by atomic mass is 10.1. The Labute approximate surface area is 86.0 Å². The molecule has 0 bridgehead atoms. The van der Waals surface area contributed by atoms with Crippen molar-refractivity contribution in [1.82, 2.24) is 15.5 Å². The van der Waals surface area contributed by atoms with Crippen LogP contribution in [0.1, 0.15) is 20.3 Å². The lowest BCUT2D eigenvalue weighted by molar-refractivity contribution is 0.217. The molecule has 4 heteroatoms. The summed E-state index contributed by atoms with van der Waals surface area (Å²) in [4.78, 5) is 13.0. The van der Waals surface area contributed by atoms with Gasteiger partial charge in [0.05, 0.1) is 0 Å². The van der Waals surface area contributed by atoms with Crippen molar-refractivity contribution in [3.05, 3.63) is 0 Å². The average Bonchev–Trinajstić information content (AvgIpc) is 2.51. The Balaban J connectivity index is 1.96. The van der Waals surface area contributed by atoms with Crippen LogP contribution < -0.4 is 10.6 Å². The third-order valence-electron chi connectivity index (χ3n) is 2.40. The lowest BCUT2D eigenvalue weighted by Crippen LogP contribution is -2.35. The minimum atomic E-state index is 0.0793. The maximum Gasteiger partial charge on any atom is 0.317 e. The smallest absolute Gasteiger partial charge is 0.317 e. The molecule has 1 aliphatic heterocycles. The average molecular weight is 199 g/mol. The molecule has 0 aromatic heterocycles. The summed E-state index contributed by atoms with van der Waals surface area (Å²) in [6.07, 6.45) is 1.20. The van der Waals surface area contributed by atoms with E-state index in [0.29, 0.717) is 0 Å². The van der Waals surface area contributed by atoms with Gasteiger partial charge in [-0.1, -0.05) is 13.8 Å². The summed E-state index contributed by atoms with van der Waals surface area (Å²) in [5, 5.41) is 6.13. The first-order valence-corrected chi connectivity index (χ1v) is 5.43. The fraction of sp³-hybridized carbons (Fsp3) is 0.900. The Morgan fingerprint density at radius 3 is 2.86 bits per heavy atom. The van der Waals surface area contributed by atoms with E-state index in [1.807, 2.05) is 4.90 Å². The molecule has 4 nitrogen and oxygen atoms in total. The highest BCUT2D eigenvalue weighted by Crippen LogP contribution is 1.97. The summed E-state index contributed by atoms with van der Waals surface area (Å²) >= 11 is 0. The predicted molar refractivity (Wildman–Crippen MR) is 57.3 cm³/mol. The predicted octanol–water partition coefficient (Wildman–Crippen LogP) is 0.647. The molecule has 82 valence electrons. The molecule has 0 aromatic carbocycles. The summed E-state index contributed by atoms with van der Waals surface area (Å²) in [5.41, 5.74) is 0. The van der Waals surface area contributed by atoms with E-state index < -0.39 is 0 Å². The Morgan fingerprint density at radius 1 is 1.50 bits per heavy atom. The molecular formula is C10H21N3O. The number of carbonyl (C=O) groups excluding carboxylic acids is 1. The van der Waals surface area contributed by atoms with Crippen LogP contribution in [-0.4, -0.2) is 43.7 Å². The van der Waals surface area contributed by atoms with Gasteiger partial charge in [-0.05, 0) is 18.9 Å². The highest BCUT2D eigenvalue weighted by Gasteiger charge is 2.17. The third kappa shape index (κ3) is 3.96. The fourth-order valence-electron chi connectivity index (χ4n) is 1.45. The van der Waals surface area contributed by atoms with Gasteiger partial charge in [0.1, 0.15) is 0 Å². The molecule has 0 aromatic rings. The first-order valence-electron chi connectivity index (χ1n) is 5.43. The minimum Gasteiger partial charge on any atom is -0.336 e. The van der Waals surface area contributed by atoms with Crippen molar-refractivity contribution >= 4 is 6.03 Å². The molecule has 0 atom stereocenters. The van der Waals surface area contributed by atoms with Crippen LogP contribution in [-0.2, 0) is 0 Å². The van der Waals surface area contributed by atoms with Gasteiger partial charge in [0, 0.05) is 26.2 Å². The van der Waals surface area contributed by atoms with Crippen molar-refractivity contribution in [2.75, 3.05) is 32.7 Å². The summed E-state index contributed by atoms with van der Waals surface area (Å²) < 4.78 is 0. The summed E-state index contributed by atoms with van der Waals surface area (Å²) in [6, 6.07) is 0.0793. The quantitative estimate of drug-likeness (QED) is 0.617. The van der Waals surface area contributed by atoms with Crippen molar-refractivity contribution in [2.45, 2.75) is 20.3 Å². The maximum absolute atomic E-state index is 11.1. The van der Waals surface area contributed by atoms with Crippen LogP contribution in [0.2, 0.25) is 0 Å². The summed E-state index contributed by atoms with van der Waals surface area (Å²) in [7, 11) is 0. The van der Waals surface area contributed by atoms with Crippen molar-refractivity contribution in [3.63, 3.8) is 0 Å². The van der Waals surface area contributed by atoms with Crippen LogP contribution in [0.15, 0.2) is 0 Å². The second kappa shape index (κ2) is 5.86. The zero-order chi connectivity index (χ0) is 10.4. The second-order valence-electron chi connectivity index (χ2n) is 4.15. The standard InChI is InChI=1S/C10H21N3O/c1-9(2)3-4-11-5-7-13-8-6-12-10(13)14/h9,11H,3-8H2,1-2H3,(H,12,14). The highest BCUT2D eigenvalue weighted by molar-refractivity contribution is 5.76. The zero-order valence-electron chi connectivity index (χ0n) is 9.18. The molecule has 2 N–H and O–H groups in total. The topological polar surface area (TPSA) is 44.4 Å². The summed E-state index contributed by atoms with van der Waals surface area (Å²) in [6.45, 7) is 8.86. The van der Waals surface area contributed by atoms with Crippen molar-refractivity contribution in [3.8, 4) is 0 Å². The van der Waals surface area contributed by atoms with E-state index >= 15 is 0 Å². The van der Waals surface area contributed by atoms with E-state index in [0.717, 1.165) is 38.6 Å². The number of nitrogens with one attached hydrogen (secondary N) is 2. The van der Waals surface area contributed by atoms with Crippen LogP contribution in [0.5, 0.6) is 0 Å². The minimum absolute atomic E-state index is 0.0793. The Morgan fingerprint density at radius 2 is 2.29 bits per heavy atom. The molecule has 0 aliphatic carbocycles. The van der Waals surface area contributed by atoms with E-state index in [-0.39, 0.29) is 6.03 Å². The number of nitrogens with zero attached hydrogens (tertiary/aromatic N) is 1. The Hall–Kier alpha value is -0.770. The Bertz CT molecular complexity index is 182. The molecule has 14 heavy (non-hydrogen) atoms. The SMILES string of the molecule is CC(C)CCNCCN1CCNC1=O. The molecule has 0 spiro atoms. The number of amides is 2. The highest BCUT2D eigenvalue weighted by atomic mass is 16.2. The number of carbonyl (C=O) groups is 1. The van der Waals surface area contributed by atoms with Gasteiger partial charge >= 0.3 is 6.03 Å². The van der Waals surface area contributed by atoms with E-state index in [9.17, 15) is 4.79 Å². The van der Waals surface area contributed by atoms with Gasteiger partial charge in [-0.25, -0.2) is 4.79 Å². The van der Waals surface area contributed by atoms with Gasteiger partial charge in [0.15, 0.2) is 0 Å². The first-order chi connectivity index (χ1) is 6.70. The van der Waals surface area contributed by atoms with Crippen LogP contribution >= 0.6 is 0 Å². The zero-order valence-corrected chi connectivity index (χ0v) is 9.18. The number of hydrogen-bond acceptors (Lipinski definition) is 2.